The van der Waals surface area contributed by atoms with Gasteiger partial charge in [0.25, 0.3) is 0 Å². The van der Waals surface area contributed by atoms with Crippen LogP contribution in [0.3, 0.4) is 0 Å². The number of aryl methyl sites for hydroxylation is 1. The van der Waals surface area contributed by atoms with E-state index in [0.29, 0.717) is 5.92 Å². The van der Waals surface area contributed by atoms with Crippen molar-refractivity contribution in [2.24, 2.45) is 0 Å². The lowest BCUT2D eigenvalue weighted by Crippen LogP contribution is -2.27. The molecular weight excluding hydrogens is 172 g/mol. The van der Waals surface area contributed by atoms with Crippen LogP contribution in [0, 0.1) is 6.92 Å². The summed E-state index contributed by atoms with van der Waals surface area (Å²) in [5, 5.41) is 3.37. The molecule has 0 amide bonds. The van der Waals surface area contributed by atoms with Crippen molar-refractivity contribution < 1.29 is 0 Å². The van der Waals surface area contributed by atoms with Gasteiger partial charge in [-0.15, -0.1) is 0 Å². The number of nitrogens with two attached hydrogens (primary N) is 1. The lowest BCUT2D eigenvalue weighted by atomic mass is 9.88. The zero-order valence-corrected chi connectivity index (χ0v) is 8.72. The summed E-state index contributed by atoms with van der Waals surface area (Å²) in [6, 6.07) is 6.44. The van der Waals surface area contributed by atoms with Gasteiger partial charge in [-0.05, 0) is 56.0 Å². The van der Waals surface area contributed by atoms with E-state index in [2.05, 4.69) is 30.4 Å². The fourth-order valence-electron chi connectivity index (χ4n) is 2.20. The molecule has 2 heteroatoms. The van der Waals surface area contributed by atoms with Gasteiger partial charge in [0.1, 0.15) is 0 Å². The molecule has 0 spiro atoms. The molecule has 2 nitrogen and oxygen atoms in total. The molecule has 1 aliphatic rings. The molecule has 3 N–H and O–H groups in total. The van der Waals surface area contributed by atoms with Crippen molar-refractivity contribution in [1.29, 1.82) is 0 Å². The largest absolute Gasteiger partial charge is 0.398 e. The molecule has 0 saturated carbocycles. The second-order valence-electron chi connectivity index (χ2n) is 4.16. The Morgan fingerprint density at radius 2 is 2.00 bits per heavy atom. The van der Waals surface area contributed by atoms with Crippen molar-refractivity contribution in [3.8, 4) is 0 Å². The Kier molecular flexibility index (Phi) is 2.73. The molecule has 0 bridgehead atoms. The Balaban J connectivity index is 2.22. The summed E-state index contributed by atoms with van der Waals surface area (Å²) < 4.78 is 0. The molecular formula is C12H18N2. The van der Waals surface area contributed by atoms with Gasteiger partial charge in [0.15, 0.2) is 0 Å². The normalized spacial score (nSPS) is 18.4. The third kappa shape index (κ3) is 1.90. The second-order valence-corrected chi connectivity index (χ2v) is 4.16. The predicted molar refractivity (Wildman–Crippen MR) is 60.4 cm³/mol. The van der Waals surface area contributed by atoms with E-state index in [0.717, 1.165) is 18.8 Å². The van der Waals surface area contributed by atoms with E-state index in [1.807, 2.05) is 0 Å². The van der Waals surface area contributed by atoms with Crippen LogP contribution >= 0.6 is 0 Å². The van der Waals surface area contributed by atoms with E-state index in [1.165, 1.54) is 24.0 Å². The van der Waals surface area contributed by atoms with Crippen LogP contribution in [-0.2, 0) is 0 Å². The summed E-state index contributed by atoms with van der Waals surface area (Å²) >= 11 is 0. The maximum absolute atomic E-state index is 6.03. The maximum Gasteiger partial charge on any atom is 0.0352 e. The molecule has 0 atom stereocenters. The van der Waals surface area contributed by atoms with Crippen molar-refractivity contribution in [1.82, 2.24) is 5.32 Å². The third-order valence-electron chi connectivity index (χ3n) is 3.02. The highest BCUT2D eigenvalue weighted by molar-refractivity contribution is 5.50. The van der Waals surface area contributed by atoms with Gasteiger partial charge in [0, 0.05) is 5.69 Å². The van der Waals surface area contributed by atoms with Gasteiger partial charge < -0.3 is 11.1 Å². The SMILES string of the molecule is Cc1ccc(C2CCNCC2)c(N)c1. The Hall–Kier alpha value is -1.02. The van der Waals surface area contributed by atoms with Crippen LogP contribution in [0.2, 0.25) is 0 Å². The summed E-state index contributed by atoms with van der Waals surface area (Å²) in [6.45, 7) is 4.33. The summed E-state index contributed by atoms with van der Waals surface area (Å²) in [4.78, 5) is 0. The number of nitrogens with one attached hydrogen (secondary N) is 1. The third-order valence-corrected chi connectivity index (χ3v) is 3.02. The highest BCUT2D eigenvalue weighted by atomic mass is 14.9. The van der Waals surface area contributed by atoms with Gasteiger partial charge >= 0.3 is 0 Å². The number of benzene rings is 1. The molecule has 14 heavy (non-hydrogen) atoms. The van der Waals surface area contributed by atoms with Crippen LogP contribution in [0.15, 0.2) is 18.2 Å². The number of anilines is 1. The highest BCUT2D eigenvalue weighted by Gasteiger charge is 2.16. The van der Waals surface area contributed by atoms with Crippen LogP contribution < -0.4 is 11.1 Å². The first kappa shape index (κ1) is 9.53. The molecule has 0 radical (unpaired) electrons. The molecule has 0 aliphatic carbocycles. The van der Waals surface area contributed by atoms with Gasteiger partial charge in [-0.1, -0.05) is 12.1 Å². The molecule has 2 rings (SSSR count). The van der Waals surface area contributed by atoms with Gasteiger partial charge in [0.05, 0.1) is 0 Å². The summed E-state index contributed by atoms with van der Waals surface area (Å²) in [5.41, 5.74) is 9.60. The van der Waals surface area contributed by atoms with E-state index in [1.54, 1.807) is 0 Å². The Morgan fingerprint density at radius 1 is 1.29 bits per heavy atom. The number of piperidine rings is 1. The standard InChI is InChI=1S/C12H18N2/c1-9-2-3-11(12(13)8-9)10-4-6-14-7-5-10/h2-3,8,10,14H,4-7,13H2,1H3. The average Bonchev–Trinajstić information content (AvgIpc) is 2.19. The zero-order chi connectivity index (χ0) is 9.97. The van der Waals surface area contributed by atoms with Crippen molar-refractivity contribution in [2.45, 2.75) is 25.7 Å². The number of hydrogen-bond donors (Lipinski definition) is 2. The maximum atomic E-state index is 6.03. The van der Waals surface area contributed by atoms with Crippen LogP contribution in [0.25, 0.3) is 0 Å². The van der Waals surface area contributed by atoms with Gasteiger partial charge in [0.2, 0.25) is 0 Å². The van der Waals surface area contributed by atoms with Gasteiger partial charge in [-0.25, -0.2) is 0 Å². The minimum absolute atomic E-state index is 0.664. The Labute approximate surface area is 85.5 Å². The van der Waals surface area contributed by atoms with Crippen molar-refractivity contribution in [2.75, 3.05) is 18.8 Å². The minimum Gasteiger partial charge on any atom is -0.398 e. The van der Waals surface area contributed by atoms with Crippen LogP contribution in [0.1, 0.15) is 29.9 Å². The molecule has 0 unspecified atom stereocenters. The van der Waals surface area contributed by atoms with Crippen molar-refractivity contribution in [3.63, 3.8) is 0 Å². The quantitative estimate of drug-likeness (QED) is 0.665. The van der Waals surface area contributed by atoms with Crippen LogP contribution in [0.4, 0.5) is 5.69 Å². The molecule has 1 fully saturated rings. The van der Waals surface area contributed by atoms with Crippen molar-refractivity contribution in [3.05, 3.63) is 29.3 Å². The molecule has 0 aromatic heterocycles. The molecule has 1 aliphatic heterocycles. The topological polar surface area (TPSA) is 38.0 Å². The van der Waals surface area contributed by atoms with E-state index in [9.17, 15) is 0 Å². The fraction of sp³-hybridized carbons (Fsp3) is 0.500. The van der Waals surface area contributed by atoms with E-state index in [4.69, 9.17) is 5.73 Å². The number of rotatable bonds is 1. The molecule has 1 aromatic carbocycles. The summed E-state index contributed by atoms with van der Waals surface area (Å²) in [5.74, 6) is 0.664. The first-order valence-electron chi connectivity index (χ1n) is 5.34. The number of hydrogen-bond acceptors (Lipinski definition) is 2. The lowest BCUT2D eigenvalue weighted by molar-refractivity contribution is 0.461. The van der Waals surface area contributed by atoms with E-state index >= 15 is 0 Å². The fourth-order valence-corrected chi connectivity index (χ4v) is 2.20. The molecule has 1 aromatic rings. The molecule has 1 saturated heterocycles. The lowest BCUT2D eigenvalue weighted by Gasteiger charge is -2.24. The first-order chi connectivity index (χ1) is 6.77. The summed E-state index contributed by atoms with van der Waals surface area (Å²) in [7, 11) is 0. The van der Waals surface area contributed by atoms with Gasteiger partial charge in [-0.2, -0.15) is 0 Å². The summed E-state index contributed by atoms with van der Waals surface area (Å²) in [6.07, 6.45) is 2.43. The number of nitrogen functional groups attached to an aromatic ring is 1. The van der Waals surface area contributed by atoms with Gasteiger partial charge in [-0.3, -0.25) is 0 Å². The highest BCUT2D eigenvalue weighted by Crippen LogP contribution is 2.29. The smallest absolute Gasteiger partial charge is 0.0352 e. The zero-order valence-electron chi connectivity index (χ0n) is 8.72. The van der Waals surface area contributed by atoms with Crippen LogP contribution in [0.5, 0.6) is 0 Å². The monoisotopic (exact) mass is 190 g/mol. The van der Waals surface area contributed by atoms with E-state index < -0.39 is 0 Å². The minimum atomic E-state index is 0.664. The van der Waals surface area contributed by atoms with Crippen LogP contribution in [-0.4, -0.2) is 13.1 Å². The Bertz CT molecular complexity index is 314. The first-order valence-corrected chi connectivity index (χ1v) is 5.34. The Morgan fingerprint density at radius 3 is 2.64 bits per heavy atom. The molecule has 1 heterocycles. The predicted octanol–water partition coefficient (Wildman–Crippen LogP) is 2.04. The molecule has 76 valence electrons. The van der Waals surface area contributed by atoms with Crippen molar-refractivity contribution >= 4 is 5.69 Å². The van der Waals surface area contributed by atoms with E-state index in [-0.39, 0.29) is 0 Å². The average molecular weight is 190 g/mol. The second kappa shape index (κ2) is 4.01.